The molecule has 0 aromatic heterocycles. The summed E-state index contributed by atoms with van der Waals surface area (Å²) in [4.78, 5) is 12.2. The largest absolute Gasteiger partial charge is 0.490 e. The topological polar surface area (TPSA) is 59.9 Å². The standard InChI is InChI=1S/C26H28N2O3/c1-4-30-25-15-22(11-13-24(25)31-18-21-8-6-5-7-9-21)17-27-28-26(29)16-23-12-10-19(2)14-20(23)3/h5-15,17H,4,16,18H2,1-3H3,(H,28,29)/b27-17-. The number of benzene rings is 3. The summed E-state index contributed by atoms with van der Waals surface area (Å²) in [6.45, 7) is 6.96. The van der Waals surface area contributed by atoms with E-state index >= 15 is 0 Å². The Morgan fingerprint density at radius 1 is 0.968 bits per heavy atom. The molecule has 0 unspecified atom stereocenters. The van der Waals surface area contributed by atoms with E-state index in [0.29, 0.717) is 31.1 Å². The lowest BCUT2D eigenvalue weighted by molar-refractivity contribution is -0.120. The van der Waals surface area contributed by atoms with Gasteiger partial charge in [-0.1, -0.05) is 54.1 Å². The van der Waals surface area contributed by atoms with Crippen molar-refractivity contribution in [2.45, 2.75) is 33.8 Å². The lowest BCUT2D eigenvalue weighted by atomic mass is 10.0. The molecular weight excluding hydrogens is 388 g/mol. The second-order valence-electron chi connectivity index (χ2n) is 7.31. The van der Waals surface area contributed by atoms with Crippen molar-refractivity contribution in [3.05, 3.63) is 94.5 Å². The van der Waals surface area contributed by atoms with Gasteiger partial charge in [0.25, 0.3) is 0 Å². The molecule has 3 aromatic rings. The smallest absolute Gasteiger partial charge is 0.244 e. The first-order chi connectivity index (χ1) is 15.0. The van der Waals surface area contributed by atoms with Crippen LogP contribution in [0.25, 0.3) is 0 Å². The molecule has 160 valence electrons. The predicted octanol–water partition coefficient (Wildman–Crippen LogP) is 4.97. The fourth-order valence-corrected chi connectivity index (χ4v) is 3.16. The van der Waals surface area contributed by atoms with Crippen LogP contribution in [0.1, 0.15) is 34.7 Å². The predicted molar refractivity (Wildman–Crippen MR) is 124 cm³/mol. The van der Waals surface area contributed by atoms with Gasteiger partial charge in [0.05, 0.1) is 19.2 Å². The van der Waals surface area contributed by atoms with Crippen LogP contribution in [0.5, 0.6) is 11.5 Å². The van der Waals surface area contributed by atoms with Crippen LogP contribution in [0.4, 0.5) is 0 Å². The zero-order valence-electron chi connectivity index (χ0n) is 18.2. The second-order valence-corrected chi connectivity index (χ2v) is 7.31. The third-order valence-corrected chi connectivity index (χ3v) is 4.76. The molecule has 0 aliphatic carbocycles. The van der Waals surface area contributed by atoms with Gasteiger partial charge in [-0.3, -0.25) is 4.79 Å². The molecule has 0 radical (unpaired) electrons. The highest BCUT2D eigenvalue weighted by Crippen LogP contribution is 2.28. The van der Waals surface area contributed by atoms with E-state index in [2.05, 4.69) is 16.6 Å². The van der Waals surface area contributed by atoms with Gasteiger partial charge in [-0.05, 0) is 61.2 Å². The number of carbonyl (C=O) groups is 1. The van der Waals surface area contributed by atoms with Crippen molar-refractivity contribution in [2.24, 2.45) is 5.10 Å². The minimum Gasteiger partial charge on any atom is -0.490 e. The number of rotatable bonds is 9. The summed E-state index contributed by atoms with van der Waals surface area (Å²) in [6.07, 6.45) is 1.89. The number of ether oxygens (including phenoxy) is 2. The fourth-order valence-electron chi connectivity index (χ4n) is 3.16. The normalized spacial score (nSPS) is 10.8. The molecular formula is C26H28N2O3. The molecule has 0 bridgehead atoms. The molecule has 0 aliphatic rings. The number of hydrazone groups is 1. The molecule has 1 amide bonds. The molecule has 1 N–H and O–H groups in total. The van der Waals surface area contributed by atoms with Gasteiger partial charge in [0.15, 0.2) is 11.5 Å². The molecule has 0 aliphatic heterocycles. The second kappa shape index (κ2) is 11.0. The molecule has 0 fully saturated rings. The van der Waals surface area contributed by atoms with Gasteiger partial charge in [-0.25, -0.2) is 5.43 Å². The summed E-state index contributed by atoms with van der Waals surface area (Å²) < 4.78 is 11.6. The van der Waals surface area contributed by atoms with E-state index < -0.39 is 0 Å². The van der Waals surface area contributed by atoms with Crippen LogP contribution in [0.2, 0.25) is 0 Å². The van der Waals surface area contributed by atoms with Crippen molar-refractivity contribution < 1.29 is 14.3 Å². The Hall–Kier alpha value is -3.60. The Labute approximate surface area is 183 Å². The van der Waals surface area contributed by atoms with Crippen LogP contribution in [0, 0.1) is 13.8 Å². The number of hydrogen-bond acceptors (Lipinski definition) is 4. The highest BCUT2D eigenvalue weighted by Gasteiger charge is 2.08. The molecule has 0 saturated carbocycles. The Balaban J connectivity index is 1.60. The van der Waals surface area contributed by atoms with E-state index in [4.69, 9.17) is 9.47 Å². The van der Waals surface area contributed by atoms with E-state index in [1.54, 1.807) is 6.21 Å². The Morgan fingerprint density at radius 3 is 2.52 bits per heavy atom. The molecule has 5 nitrogen and oxygen atoms in total. The molecule has 0 atom stereocenters. The van der Waals surface area contributed by atoms with Crippen LogP contribution >= 0.6 is 0 Å². The zero-order chi connectivity index (χ0) is 22.1. The molecule has 0 saturated heterocycles. The lowest BCUT2D eigenvalue weighted by Crippen LogP contribution is -2.20. The maximum atomic E-state index is 12.2. The summed E-state index contributed by atoms with van der Waals surface area (Å²) in [6, 6.07) is 21.6. The summed E-state index contributed by atoms with van der Waals surface area (Å²) in [5.41, 5.74) is 7.77. The van der Waals surface area contributed by atoms with Gasteiger partial charge in [-0.2, -0.15) is 5.10 Å². The average molecular weight is 417 g/mol. The average Bonchev–Trinajstić information content (AvgIpc) is 2.76. The minimum atomic E-state index is -0.156. The van der Waals surface area contributed by atoms with Crippen molar-refractivity contribution in [1.29, 1.82) is 0 Å². The third-order valence-electron chi connectivity index (χ3n) is 4.76. The van der Waals surface area contributed by atoms with Crippen LogP contribution in [-0.2, 0) is 17.8 Å². The number of carbonyl (C=O) groups excluding carboxylic acids is 1. The molecule has 0 heterocycles. The first-order valence-electron chi connectivity index (χ1n) is 10.4. The van der Waals surface area contributed by atoms with Crippen molar-refractivity contribution in [2.75, 3.05) is 6.61 Å². The number of amides is 1. The van der Waals surface area contributed by atoms with E-state index in [9.17, 15) is 4.79 Å². The van der Waals surface area contributed by atoms with Crippen molar-refractivity contribution in [3.63, 3.8) is 0 Å². The van der Waals surface area contributed by atoms with E-state index in [-0.39, 0.29) is 5.91 Å². The first kappa shape index (κ1) is 22.1. The Kier molecular flexibility index (Phi) is 7.82. The highest BCUT2D eigenvalue weighted by atomic mass is 16.5. The number of hydrogen-bond donors (Lipinski definition) is 1. The van der Waals surface area contributed by atoms with E-state index in [0.717, 1.165) is 22.3 Å². The quantitative estimate of drug-likeness (QED) is 0.396. The monoisotopic (exact) mass is 416 g/mol. The van der Waals surface area contributed by atoms with Crippen molar-refractivity contribution in [1.82, 2.24) is 5.43 Å². The Bertz CT molecular complexity index is 1050. The SMILES string of the molecule is CCOc1cc(/C=N\NC(=O)Cc2ccc(C)cc2C)ccc1OCc1ccccc1. The zero-order valence-corrected chi connectivity index (χ0v) is 18.2. The fraction of sp³-hybridized carbons (Fsp3) is 0.231. The molecule has 3 rings (SSSR count). The lowest BCUT2D eigenvalue weighted by Gasteiger charge is -2.12. The van der Waals surface area contributed by atoms with E-state index in [1.807, 2.05) is 81.4 Å². The number of aryl methyl sites for hydroxylation is 2. The minimum absolute atomic E-state index is 0.156. The van der Waals surface area contributed by atoms with Crippen LogP contribution in [0.3, 0.4) is 0 Å². The van der Waals surface area contributed by atoms with Crippen LogP contribution in [0.15, 0.2) is 71.8 Å². The van der Waals surface area contributed by atoms with Gasteiger partial charge in [0, 0.05) is 0 Å². The Morgan fingerprint density at radius 2 is 1.77 bits per heavy atom. The van der Waals surface area contributed by atoms with Gasteiger partial charge < -0.3 is 9.47 Å². The van der Waals surface area contributed by atoms with Crippen molar-refractivity contribution in [3.8, 4) is 11.5 Å². The summed E-state index contributed by atoms with van der Waals surface area (Å²) in [5.74, 6) is 1.15. The molecule has 0 spiro atoms. The van der Waals surface area contributed by atoms with Gasteiger partial charge in [0.2, 0.25) is 5.91 Å². The maximum absolute atomic E-state index is 12.2. The van der Waals surface area contributed by atoms with E-state index in [1.165, 1.54) is 5.56 Å². The summed E-state index contributed by atoms with van der Waals surface area (Å²) >= 11 is 0. The molecule has 3 aromatic carbocycles. The van der Waals surface area contributed by atoms with Crippen molar-refractivity contribution >= 4 is 12.1 Å². The van der Waals surface area contributed by atoms with Crippen LogP contribution in [-0.4, -0.2) is 18.7 Å². The van der Waals surface area contributed by atoms with Gasteiger partial charge in [-0.15, -0.1) is 0 Å². The van der Waals surface area contributed by atoms with Gasteiger partial charge in [0.1, 0.15) is 6.61 Å². The summed E-state index contributed by atoms with van der Waals surface area (Å²) in [7, 11) is 0. The van der Waals surface area contributed by atoms with Gasteiger partial charge >= 0.3 is 0 Å². The number of nitrogens with zero attached hydrogens (tertiary/aromatic N) is 1. The molecule has 5 heteroatoms. The maximum Gasteiger partial charge on any atom is 0.244 e. The summed E-state index contributed by atoms with van der Waals surface area (Å²) in [5, 5.41) is 4.09. The number of nitrogens with one attached hydrogen (secondary N) is 1. The first-order valence-corrected chi connectivity index (χ1v) is 10.4. The molecule has 31 heavy (non-hydrogen) atoms. The van der Waals surface area contributed by atoms with Crippen LogP contribution < -0.4 is 14.9 Å². The third kappa shape index (κ3) is 6.71. The highest BCUT2D eigenvalue weighted by molar-refractivity contribution is 5.84.